The lowest BCUT2D eigenvalue weighted by Gasteiger charge is -2.25. The zero-order chi connectivity index (χ0) is 14.7. The molecule has 0 saturated carbocycles. The second kappa shape index (κ2) is 5.77. The molecule has 0 aromatic heterocycles. The molecule has 0 aromatic carbocycles. The molecule has 1 fully saturated rings. The van der Waals surface area contributed by atoms with Crippen LogP contribution in [0.25, 0.3) is 0 Å². The summed E-state index contributed by atoms with van der Waals surface area (Å²) >= 11 is 0. The minimum absolute atomic E-state index is 0.0207. The van der Waals surface area contributed by atoms with Gasteiger partial charge >= 0.3 is 12.0 Å². The highest BCUT2D eigenvalue weighted by molar-refractivity contribution is 7.91. The number of sulfone groups is 1. The van der Waals surface area contributed by atoms with Gasteiger partial charge in [-0.25, -0.2) is 13.2 Å². The molecule has 2 amide bonds. The molecule has 7 nitrogen and oxygen atoms in total. The van der Waals surface area contributed by atoms with Crippen LogP contribution >= 0.6 is 0 Å². The number of aliphatic carboxylic acids is 1. The van der Waals surface area contributed by atoms with E-state index in [9.17, 15) is 18.0 Å². The van der Waals surface area contributed by atoms with Crippen molar-refractivity contribution in [3.8, 4) is 0 Å². The summed E-state index contributed by atoms with van der Waals surface area (Å²) < 4.78 is 22.8. The van der Waals surface area contributed by atoms with E-state index < -0.39 is 27.4 Å². The molecule has 2 unspecified atom stereocenters. The molecule has 19 heavy (non-hydrogen) atoms. The van der Waals surface area contributed by atoms with Crippen LogP contribution in [0.5, 0.6) is 0 Å². The van der Waals surface area contributed by atoms with Crippen LogP contribution in [0.15, 0.2) is 0 Å². The van der Waals surface area contributed by atoms with Crippen molar-refractivity contribution in [2.75, 3.05) is 11.5 Å². The SMILES string of the molecule is CC(CCC(=O)O)NC(=O)NC1(C)CCS(=O)(=O)C1. The topological polar surface area (TPSA) is 113 Å². The molecule has 8 heteroatoms. The highest BCUT2D eigenvalue weighted by atomic mass is 32.2. The average molecular weight is 292 g/mol. The monoisotopic (exact) mass is 292 g/mol. The van der Waals surface area contributed by atoms with Gasteiger partial charge in [-0.3, -0.25) is 4.79 Å². The normalized spacial score (nSPS) is 26.6. The molecule has 1 aliphatic rings. The van der Waals surface area contributed by atoms with E-state index in [0.717, 1.165) is 0 Å². The lowest BCUT2D eigenvalue weighted by atomic mass is 10.0. The first-order chi connectivity index (χ1) is 8.62. The average Bonchev–Trinajstić information content (AvgIpc) is 2.49. The van der Waals surface area contributed by atoms with Crippen LogP contribution in [0.1, 0.15) is 33.1 Å². The van der Waals surface area contributed by atoms with Gasteiger partial charge in [-0.15, -0.1) is 0 Å². The van der Waals surface area contributed by atoms with Crippen molar-refractivity contribution in [2.24, 2.45) is 0 Å². The minimum Gasteiger partial charge on any atom is -0.481 e. The second-order valence-electron chi connectivity index (χ2n) is 5.33. The van der Waals surface area contributed by atoms with Crippen LogP contribution in [0.4, 0.5) is 4.79 Å². The standard InChI is InChI=1S/C11H20N2O5S/c1-8(3-4-9(14)15)12-10(16)13-11(2)5-6-19(17,18)7-11/h8H,3-7H2,1-2H3,(H,14,15)(H2,12,13,16). The van der Waals surface area contributed by atoms with Crippen LogP contribution in [0.3, 0.4) is 0 Å². The summed E-state index contributed by atoms with van der Waals surface area (Å²) in [6.45, 7) is 3.40. The Labute approximate surface area is 112 Å². The van der Waals surface area contributed by atoms with Gasteiger partial charge < -0.3 is 15.7 Å². The lowest BCUT2D eigenvalue weighted by Crippen LogP contribution is -2.52. The van der Waals surface area contributed by atoms with E-state index >= 15 is 0 Å². The van der Waals surface area contributed by atoms with E-state index in [-0.39, 0.29) is 24.0 Å². The Morgan fingerprint density at radius 1 is 1.42 bits per heavy atom. The van der Waals surface area contributed by atoms with Crippen molar-refractivity contribution in [2.45, 2.75) is 44.7 Å². The summed E-state index contributed by atoms with van der Waals surface area (Å²) in [6.07, 6.45) is 0.705. The van der Waals surface area contributed by atoms with Crippen LogP contribution in [0, 0.1) is 0 Å². The number of hydrogen-bond donors (Lipinski definition) is 3. The van der Waals surface area contributed by atoms with Crippen LogP contribution < -0.4 is 10.6 Å². The maximum Gasteiger partial charge on any atom is 0.315 e. The van der Waals surface area contributed by atoms with E-state index in [1.54, 1.807) is 13.8 Å². The Bertz CT molecular complexity index is 462. The van der Waals surface area contributed by atoms with Gasteiger partial charge in [0, 0.05) is 12.5 Å². The third kappa shape index (κ3) is 5.46. The smallest absolute Gasteiger partial charge is 0.315 e. The van der Waals surface area contributed by atoms with E-state index in [4.69, 9.17) is 5.11 Å². The third-order valence-corrected chi connectivity index (χ3v) is 4.99. The van der Waals surface area contributed by atoms with Crippen LogP contribution in [-0.4, -0.2) is 48.6 Å². The third-order valence-electron chi connectivity index (χ3n) is 3.09. The fourth-order valence-corrected chi connectivity index (χ4v) is 4.15. The van der Waals surface area contributed by atoms with Crippen molar-refractivity contribution in [1.29, 1.82) is 0 Å². The lowest BCUT2D eigenvalue weighted by molar-refractivity contribution is -0.137. The Morgan fingerprint density at radius 2 is 2.05 bits per heavy atom. The summed E-state index contributed by atoms with van der Waals surface area (Å²) in [5.74, 6) is -0.891. The first-order valence-electron chi connectivity index (χ1n) is 6.13. The number of rotatable bonds is 5. The van der Waals surface area contributed by atoms with Gasteiger partial charge in [0.15, 0.2) is 9.84 Å². The quantitative estimate of drug-likeness (QED) is 0.666. The molecule has 0 aliphatic carbocycles. The molecule has 0 spiro atoms. The zero-order valence-electron chi connectivity index (χ0n) is 11.1. The second-order valence-corrected chi connectivity index (χ2v) is 7.52. The first kappa shape index (κ1) is 15.7. The fourth-order valence-electron chi connectivity index (χ4n) is 2.06. The van der Waals surface area contributed by atoms with Gasteiger partial charge in [0.25, 0.3) is 0 Å². The Kier molecular flexibility index (Phi) is 4.78. The number of nitrogens with one attached hydrogen (secondary N) is 2. The largest absolute Gasteiger partial charge is 0.481 e. The number of carboxylic acids is 1. The van der Waals surface area contributed by atoms with E-state index in [2.05, 4.69) is 10.6 Å². The number of hydrogen-bond acceptors (Lipinski definition) is 4. The van der Waals surface area contributed by atoms with E-state index in [1.807, 2.05) is 0 Å². The van der Waals surface area contributed by atoms with Gasteiger partial charge in [0.2, 0.25) is 0 Å². The maximum atomic E-state index is 11.7. The van der Waals surface area contributed by atoms with Gasteiger partial charge in [0.05, 0.1) is 17.0 Å². The molecule has 0 bridgehead atoms. The minimum atomic E-state index is -3.07. The molecule has 2 atom stereocenters. The molecule has 1 aliphatic heterocycles. The fraction of sp³-hybridized carbons (Fsp3) is 0.818. The molecule has 0 radical (unpaired) electrons. The summed E-state index contributed by atoms with van der Waals surface area (Å²) in [5.41, 5.74) is -0.741. The Balaban J connectivity index is 2.41. The summed E-state index contributed by atoms with van der Waals surface area (Å²) in [6, 6.07) is -0.741. The molecule has 110 valence electrons. The van der Waals surface area contributed by atoms with Crippen molar-refractivity contribution < 1.29 is 23.1 Å². The summed E-state index contributed by atoms with van der Waals surface area (Å²) in [4.78, 5) is 22.1. The highest BCUT2D eigenvalue weighted by Crippen LogP contribution is 2.22. The predicted octanol–water partition coefficient (Wildman–Crippen LogP) is 0.116. The van der Waals surface area contributed by atoms with Crippen molar-refractivity contribution in [3.05, 3.63) is 0 Å². The van der Waals surface area contributed by atoms with Crippen molar-refractivity contribution in [3.63, 3.8) is 0 Å². The van der Waals surface area contributed by atoms with Gasteiger partial charge in [-0.1, -0.05) is 0 Å². The Morgan fingerprint density at radius 3 is 2.53 bits per heavy atom. The van der Waals surface area contributed by atoms with E-state index in [1.165, 1.54) is 0 Å². The summed E-state index contributed by atoms with van der Waals surface area (Å²) in [7, 11) is -3.07. The number of urea groups is 1. The summed E-state index contributed by atoms with van der Waals surface area (Å²) in [5, 5.41) is 13.8. The first-order valence-corrected chi connectivity index (χ1v) is 7.95. The van der Waals surface area contributed by atoms with Crippen molar-refractivity contribution >= 4 is 21.8 Å². The number of carbonyl (C=O) groups is 2. The van der Waals surface area contributed by atoms with Gasteiger partial charge in [-0.2, -0.15) is 0 Å². The molecular formula is C11H20N2O5S. The molecule has 1 rings (SSSR count). The number of carboxylic acid groups (broad SMARTS) is 1. The predicted molar refractivity (Wildman–Crippen MR) is 69.7 cm³/mol. The van der Waals surface area contributed by atoms with Crippen LogP contribution in [0.2, 0.25) is 0 Å². The van der Waals surface area contributed by atoms with Crippen LogP contribution in [-0.2, 0) is 14.6 Å². The maximum absolute atomic E-state index is 11.7. The number of amides is 2. The van der Waals surface area contributed by atoms with Gasteiger partial charge in [-0.05, 0) is 26.7 Å². The molecule has 0 aromatic rings. The van der Waals surface area contributed by atoms with E-state index in [0.29, 0.717) is 12.8 Å². The molecule has 1 saturated heterocycles. The highest BCUT2D eigenvalue weighted by Gasteiger charge is 2.39. The Hall–Kier alpha value is -1.31. The molecule has 1 heterocycles. The molecule has 3 N–H and O–H groups in total. The number of carbonyl (C=O) groups excluding carboxylic acids is 1. The zero-order valence-corrected chi connectivity index (χ0v) is 11.9. The van der Waals surface area contributed by atoms with Crippen molar-refractivity contribution in [1.82, 2.24) is 10.6 Å². The molecular weight excluding hydrogens is 272 g/mol. The van der Waals surface area contributed by atoms with Gasteiger partial charge in [0.1, 0.15) is 0 Å².